The van der Waals surface area contributed by atoms with E-state index in [0.717, 1.165) is 22.3 Å². The average Bonchev–Trinajstić information content (AvgIpc) is 3.05. The Balaban J connectivity index is 1.61. The van der Waals surface area contributed by atoms with E-state index in [2.05, 4.69) is 23.7 Å². The van der Waals surface area contributed by atoms with Crippen molar-refractivity contribution in [2.75, 3.05) is 26.4 Å². The van der Waals surface area contributed by atoms with Crippen molar-refractivity contribution in [3.05, 3.63) is 119 Å². The van der Waals surface area contributed by atoms with Crippen molar-refractivity contribution >= 4 is 0 Å². The maximum Gasteiger partial charge on any atom is 0.119 e. The summed E-state index contributed by atoms with van der Waals surface area (Å²) in [4.78, 5) is 0. The minimum Gasteiger partial charge on any atom is -0.493 e. The molecular weight excluding hydrogens is 508 g/mol. The van der Waals surface area contributed by atoms with Gasteiger partial charge in [-0.25, -0.2) is 0 Å². The number of rotatable bonds is 12. The van der Waals surface area contributed by atoms with Crippen LogP contribution < -0.4 is 18.9 Å². The first-order chi connectivity index (χ1) is 20.0. The number of terminal acetylenes is 4. The van der Waals surface area contributed by atoms with E-state index < -0.39 is 5.41 Å². The summed E-state index contributed by atoms with van der Waals surface area (Å²) >= 11 is 0. The Kier molecular flexibility index (Phi) is 9.62. The monoisotopic (exact) mass is 536 g/mol. The van der Waals surface area contributed by atoms with Gasteiger partial charge in [-0.1, -0.05) is 23.7 Å². The summed E-state index contributed by atoms with van der Waals surface area (Å²) < 4.78 is 25.0. The summed E-state index contributed by atoms with van der Waals surface area (Å²) in [7, 11) is 0. The van der Waals surface area contributed by atoms with Gasteiger partial charge in [-0.05, 0) is 97.1 Å². The van der Waals surface area contributed by atoms with Gasteiger partial charge in [-0.3, -0.25) is 0 Å². The Morgan fingerprint density at radius 2 is 0.561 bits per heavy atom. The molecule has 0 atom stereocenters. The summed E-state index contributed by atoms with van der Waals surface area (Å²) in [6.45, 7) is 0.872. The lowest BCUT2D eigenvalue weighted by Crippen LogP contribution is -2.45. The van der Waals surface area contributed by atoms with Crippen molar-refractivity contribution in [3.8, 4) is 72.4 Å². The third kappa shape index (κ3) is 8.15. The van der Waals surface area contributed by atoms with Crippen LogP contribution >= 0.6 is 0 Å². The highest BCUT2D eigenvalue weighted by molar-refractivity contribution is 5.39. The molecule has 4 rings (SSSR count). The zero-order chi connectivity index (χ0) is 28.9. The van der Waals surface area contributed by atoms with Gasteiger partial charge in [-0.2, -0.15) is 0 Å². The van der Waals surface area contributed by atoms with Crippen molar-refractivity contribution < 1.29 is 18.9 Å². The Morgan fingerprint density at radius 1 is 0.366 bits per heavy atom. The first kappa shape index (κ1) is 28.3. The molecule has 0 radical (unpaired) electrons. The van der Waals surface area contributed by atoms with Crippen LogP contribution in [-0.2, 0) is 0 Å². The average molecular weight is 537 g/mol. The quantitative estimate of drug-likeness (QED) is 0.202. The molecule has 0 unspecified atom stereocenters. The fourth-order valence-electron chi connectivity index (χ4n) is 3.79. The Hall–Kier alpha value is -5.68. The molecule has 0 spiro atoms. The van der Waals surface area contributed by atoms with Crippen LogP contribution in [0.3, 0.4) is 0 Å². The third-order valence-electron chi connectivity index (χ3n) is 6.26. The van der Waals surface area contributed by atoms with Crippen molar-refractivity contribution in [3.63, 3.8) is 0 Å². The highest BCUT2D eigenvalue weighted by Gasteiger charge is 2.36. The van der Waals surface area contributed by atoms with E-state index in [-0.39, 0.29) is 26.4 Å². The van der Waals surface area contributed by atoms with Crippen LogP contribution in [0.5, 0.6) is 23.0 Å². The predicted molar refractivity (Wildman–Crippen MR) is 162 cm³/mol. The van der Waals surface area contributed by atoms with Gasteiger partial charge in [0.05, 0.1) is 0 Å². The number of ether oxygens (including phenoxy) is 4. The van der Waals surface area contributed by atoms with Crippen LogP contribution in [0.25, 0.3) is 0 Å². The van der Waals surface area contributed by atoms with Crippen LogP contribution in [0.2, 0.25) is 0 Å². The zero-order valence-electron chi connectivity index (χ0n) is 22.5. The van der Waals surface area contributed by atoms with Gasteiger partial charge in [0.25, 0.3) is 0 Å². The molecule has 0 bridgehead atoms. The molecule has 4 heteroatoms. The molecule has 0 saturated heterocycles. The Labute approximate surface area is 242 Å². The number of hydrogen-bond donors (Lipinski definition) is 0. The molecule has 0 aliphatic rings. The van der Waals surface area contributed by atoms with E-state index in [1.807, 2.05) is 97.1 Å². The lowest BCUT2D eigenvalue weighted by molar-refractivity contribution is -0.00352. The lowest BCUT2D eigenvalue weighted by atomic mass is 9.92. The molecule has 0 saturated carbocycles. The molecule has 4 nitrogen and oxygen atoms in total. The first-order valence-corrected chi connectivity index (χ1v) is 12.8. The van der Waals surface area contributed by atoms with E-state index in [9.17, 15) is 0 Å². The molecule has 0 fully saturated rings. The minimum atomic E-state index is -0.759. The molecule has 4 aromatic carbocycles. The smallest absolute Gasteiger partial charge is 0.119 e. The van der Waals surface area contributed by atoms with Gasteiger partial charge in [0.1, 0.15) is 54.8 Å². The number of benzene rings is 4. The van der Waals surface area contributed by atoms with Crippen molar-refractivity contribution in [2.45, 2.75) is 0 Å². The molecule has 0 aliphatic heterocycles. The van der Waals surface area contributed by atoms with Crippen molar-refractivity contribution in [1.29, 1.82) is 0 Å². The summed E-state index contributed by atoms with van der Waals surface area (Å²) in [5.74, 6) is 13.1. The van der Waals surface area contributed by atoms with Crippen molar-refractivity contribution in [2.24, 2.45) is 5.41 Å². The summed E-state index contributed by atoms with van der Waals surface area (Å²) in [5.41, 5.74) is 2.30. The molecular formula is C37H28O4. The van der Waals surface area contributed by atoms with Crippen LogP contribution in [0.4, 0.5) is 0 Å². The zero-order valence-corrected chi connectivity index (χ0v) is 22.5. The fraction of sp³-hybridized carbons (Fsp3) is 0.135. The van der Waals surface area contributed by atoms with Gasteiger partial charge in [0.2, 0.25) is 0 Å². The summed E-state index contributed by atoms with van der Waals surface area (Å²) in [5, 5.41) is 0. The molecule has 0 N–H and O–H groups in total. The van der Waals surface area contributed by atoms with Gasteiger partial charge < -0.3 is 18.9 Å². The first-order valence-electron chi connectivity index (χ1n) is 12.8. The predicted octanol–water partition coefficient (Wildman–Crippen LogP) is 6.21. The van der Waals surface area contributed by atoms with Gasteiger partial charge in [0, 0.05) is 22.3 Å². The number of hydrogen-bond acceptors (Lipinski definition) is 4. The van der Waals surface area contributed by atoms with E-state index >= 15 is 0 Å². The largest absolute Gasteiger partial charge is 0.493 e. The highest BCUT2D eigenvalue weighted by atomic mass is 16.5. The van der Waals surface area contributed by atoms with E-state index in [0.29, 0.717) is 23.0 Å². The molecule has 4 aromatic rings. The van der Waals surface area contributed by atoms with Gasteiger partial charge in [-0.15, -0.1) is 25.7 Å². The van der Waals surface area contributed by atoms with E-state index in [1.54, 1.807) is 0 Å². The van der Waals surface area contributed by atoms with Crippen LogP contribution in [0, 0.1) is 54.8 Å². The fourth-order valence-corrected chi connectivity index (χ4v) is 3.79. The third-order valence-corrected chi connectivity index (χ3v) is 6.26. The SMILES string of the molecule is C#Cc1ccc(OCC(COc2ccc(C#C)cc2)(COc2ccc(C#C)cc2)COc2ccc(C#C)cc2)cc1. The second-order valence-electron chi connectivity index (χ2n) is 9.33. The van der Waals surface area contributed by atoms with Crippen molar-refractivity contribution in [1.82, 2.24) is 0 Å². The Bertz CT molecular complexity index is 1340. The van der Waals surface area contributed by atoms with Crippen LogP contribution in [-0.4, -0.2) is 26.4 Å². The summed E-state index contributed by atoms with van der Waals surface area (Å²) in [6.07, 6.45) is 22.0. The van der Waals surface area contributed by atoms with E-state index in [1.165, 1.54) is 0 Å². The molecule has 0 aromatic heterocycles. The van der Waals surface area contributed by atoms with E-state index in [4.69, 9.17) is 44.6 Å². The molecule has 0 amide bonds. The highest BCUT2D eigenvalue weighted by Crippen LogP contribution is 2.27. The van der Waals surface area contributed by atoms with Crippen LogP contribution in [0.15, 0.2) is 97.1 Å². The maximum absolute atomic E-state index is 6.26. The summed E-state index contributed by atoms with van der Waals surface area (Å²) in [6, 6.07) is 29.3. The molecule has 200 valence electrons. The van der Waals surface area contributed by atoms with Crippen LogP contribution in [0.1, 0.15) is 22.3 Å². The second-order valence-corrected chi connectivity index (χ2v) is 9.33. The van der Waals surface area contributed by atoms with Gasteiger partial charge in [0.15, 0.2) is 0 Å². The molecule has 0 aliphatic carbocycles. The molecule has 41 heavy (non-hydrogen) atoms. The normalized spacial score (nSPS) is 10.2. The minimum absolute atomic E-state index is 0.218. The Morgan fingerprint density at radius 3 is 0.732 bits per heavy atom. The standard InChI is InChI=1S/C37H28O4/c1-5-29-9-17-33(18-10-29)38-25-37(26-39-34-19-11-30(6-2)12-20-34,27-40-35-21-13-31(7-3)14-22-35)28-41-36-23-15-32(8-4)16-24-36/h1-4,9-24H,25-28H2. The second kappa shape index (κ2) is 13.9. The molecule has 0 heterocycles. The lowest BCUT2D eigenvalue weighted by Gasteiger charge is -2.33. The topological polar surface area (TPSA) is 36.9 Å². The maximum atomic E-state index is 6.26. The van der Waals surface area contributed by atoms with Gasteiger partial charge >= 0.3 is 0 Å².